The quantitative estimate of drug-likeness (QED) is 0.619. The Bertz CT molecular complexity index is 1240. The predicted molar refractivity (Wildman–Crippen MR) is 112 cm³/mol. The highest BCUT2D eigenvalue weighted by Crippen LogP contribution is 2.30. The van der Waals surface area contributed by atoms with Gasteiger partial charge in [0.05, 0.1) is 17.5 Å². The molecule has 1 atom stereocenters. The van der Waals surface area contributed by atoms with Crippen molar-refractivity contribution < 1.29 is 41.9 Å². The minimum absolute atomic E-state index is 0.0445. The number of imide groups is 2. The van der Waals surface area contributed by atoms with E-state index < -0.39 is 54.1 Å². The van der Waals surface area contributed by atoms with Crippen LogP contribution in [0.15, 0.2) is 42.5 Å². The SMILES string of the molecule is O=C(Cc1cccc(OC(F)(F)F)c1)NC(=O)c1cccc2c1C(=O)N(C1CCC(=O)NC1=O)C2. The van der Waals surface area contributed by atoms with Crippen LogP contribution < -0.4 is 15.4 Å². The van der Waals surface area contributed by atoms with Crippen LogP contribution in [0.25, 0.3) is 0 Å². The van der Waals surface area contributed by atoms with Gasteiger partial charge in [-0.25, -0.2) is 0 Å². The van der Waals surface area contributed by atoms with Gasteiger partial charge in [-0.05, 0) is 35.7 Å². The van der Waals surface area contributed by atoms with Crippen molar-refractivity contribution in [2.45, 2.75) is 38.2 Å². The lowest BCUT2D eigenvalue weighted by Gasteiger charge is -2.29. The standard InChI is InChI=1S/C23H18F3N3O6/c24-23(25,26)35-14-5-1-3-12(9-14)10-18(31)28-20(32)15-6-2-4-13-11-29(22(34)19(13)15)16-7-8-17(30)27-21(16)33/h1-6,9,16H,7-8,10-11H2,(H,27,30,33)(H,28,31,32). The van der Waals surface area contributed by atoms with E-state index in [1.54, 1.807) is 6.07 Å². The van der Waals surface area contributed by atoms with Crippen molar-refractivity contribution in [2.75, 3.05) is 0 Å². The summed E-state index contributed by atoms with van der Waals surface area (Å²) in [4.78, 5) is 63.1. The predicted octanol–water partition coefficient (Wildman–Crippen LogP) is 1.85. The molecule has 0 saturated carbocycles. The molecule has 4 rings (SSSR count). The van der Waals surface area contributed by atoms with Gasteiger partial charge in [-0.1, -0.05) is 24.3 Å². The molecule has 182 valence electrons. The maximum atomic E-state index is 13.1. The second-order valence-corrected chi connectivity index (χ2v) is 7.99. The second kappa shape index (κ2) is 9.20. The fourth-order valence-corrected chi connectivity index (χ4v) is 4.08. The molecule has 2 N–H and O–H groups in total. The van der Waals surface area contributed by atoms with Crippen molar-refractivity contribution >= 4 is 29.5 Å². The van der Waals surface area contributed by atoms with Gasteiger partial charge in [0.2, 0.25) is 17.7 Å². The van der Waals surface area contributed by atoms with E-state index in [4.69, 9.17) is 0 Å². The zero-order chi connectivity index (χ0) is 25.3. The number of piperidine rings is 1. The van der Waals surface area contributed by atoms with Crippen LogP contribution in [0.3, 0.4) is 0 Å². The Morgan fingerprint density at radius 3 is 2.57 bits per heavy atom. The van der Waals surface area contributed by atoms with Crippen molar-refractivity contribution in [3.05, 3.63) is 64.7 Å². The molecule has 0 aromatic heterocycles. The highest BCUT2D eigenvalue weighted by molar-refractivity contribution is 6.14. The summed E-state index contributed by atoms with van der Waals surface area (Å²) in [5.41, 5.74) is 0.625. The third-order valence-electron chi connectivity index (χ3n) is 5.55. The Kier molecular flexibility index (Phi) is 6.29. The molecular weight excluding hydrogens is 471 g/mol. The molecule has 1 unspecified atom stereocenters. The Balaban J connectivity index is 1.46. The van der Waals surface area contributed by atoms with Gasteiger partial charge in [0, 0.05) is 13.0 Å². The largest absolute Gasteiger partial charge is 0.573 e. The number of amides is 5. The van der Waals surface area contributed by atoms with Gasteiger partial charge in [-0.15, -0.1) is 13.2 Å². The van der Waals surface area contributed by atoms with Gasteiger partial charge in [0.25, 0.3) is 11.8 Å². The molecule has 1 fully saturated rings. The number of benzene rings is 2. The van der Waals surface area contributed by atoms with Crippen molar-refractivity contribution in [1.82, 2.24) is 15.5 Å². The van der Waals surface area contributed by atoms with Crippen LogP contribution >= 0.6 is 0 Å². The van der Waals surface area contributed by atoms with E-state index in [1.165, 1.54) is 29.2 Å². The Labute approximate surface area is 196 Å². The number of hydrogen-bond donors (Lipinski definition) is 2. The summed E-state index contributed by atoms with van der Waals surface area (Å²) in [5, 5.41) is 4.33. The number of nitrogens with one attached hydrogen (secondary N) is 2. The molecule has 1 saturated heterocycles. The molecule has 5 amide bonds. The Morgan fingerprint density at radius 1 is 1.11 bits per heavy atom. The van der Waals surface area contributed by atoms with E-state index >= 15 is 0 Å². The molecule has 2 heterocycles. The zero-order valence-electron chi connectivity index (χ0n) is 18.0. The summed E-state index contributed by atoms with van der Waals surface area (Å²) in [6.07, 6.45) is -5.07. The van der Waals surface area contributed by atoms with E-state index in [2.05, 4.69) is 15.4 Å². The number of rotatable bonds is 5. The molecule has 2 aromatic rings. The van der Waals surface area contributed by atoms with Crippen LogP contribution in [0.1, 0.15) is 44.7 Å². The number of halogens is 3. The van der Waals surface area contributed by atoms with E-state index in [-0.39, 0.29) is 36.1 Å². The summed E-state index contributed by atoms with van der Waals surface area (Å²) in [6.45, 7) is 0.0571. The molecule has 35 heavy (non-hydrogen) atoms. The molecule has 2 aromatic carbocycles. The lowest BCUT2D eigenvalue weighted by atomic mass is 10.0. The van der Waals surface area contributed by atoms with Crippen LogP contribution in [0.4, 0.5) is 13.2 Å². The van der Waals surface area contributed by atoms with E-state index in [0.717, 1.165) is 12.1 Å². The molecule has 0 spiro atoms. The fourth-order valence-electron chi connectivity index (χ4n) is 4.08. The highest BCUT2D eigenvalue weighted by atomic mass is 19.4. The maximum absolute atomic E-state index is 13.1. The van der Waals surface area contributed by atoms with Gasteiger partial charge in [0.1, 0.15) is 11.8 Å². The number of fused-ring (bicyclic) bond motifs is 1. The summed E-state index contributed by atoms with van der Waals surface area (Å²) in [7, 11) is 0. The second-order valence-electron chi connectivity index (χ2n) is 7.99. The van der Waals surface area contributed by atoms with Gasteiger partial charge >= 0.3 is 6.36 Å². The molecule has 2 aliphatic heterocycles. The molecule has 0 radical (unpaired) electrons. The first-order valence-corrected chi connectivity index (χ1v) is 10.5. The topological polar surface area (TPSA) is 122 Å². The van der Waals surface area contributed by atoms with Gasteiger partial charge in [0.15, 0.2) is 0 Å². The minimum Gasteiger partial charge on any atom is -0.406 e. The number of nitrogens with zero attached hydrogens (tertiary/aromatic N) is 1. The van der Waals surface area contributed by atoms with E-state index in [0.29, 0.717) is 5.56 Å². The highest BCUT2D eigenvalue weighted by Gasteiger charge is 2.40. The van der Waals surface area contributed by atoms with Crippen LogP contribution in [0.5, 0.6) is 5.75 Å². The third-order valence-corrected chi connectivity index (χ3v) is 5.55. The number of carbonyl (C=O) groups is 5. The van der Waals surface area contributed by atoms with E-state index in [9.17, 15) is 37.1 Å². The molecule has 2 aliphatic rings. The van der Waals surface area contributed by atoms with Crippen molar-refractivity contribution in [2.24, 2.45) is 0 Å². The van der Waals surface area contributed by atoms with E-state index in [1.807, 2.05) is 0 Å². The molecular formula is C23H18F3N3O6. The number of alkyl halides is 3. The van der Waals surface area contributed by atoms with Crippen LogP contribution in [0.2, 0.25) is 0 Å². The summed E-state index contributed by atoms with van der Waals surface area (Å²) >= 11 is 0. The number of hydrogen-bond acceptors (Lipinski definition) is 6. The minimum atomic E-state index is -4.89. The summed E-state index contributed by atoms with van der Waals surface area (Å²) in [6, 6.07) is 8.40. The monoisotopic (exact) mass is 489 g/mol. The average Bonchev–Trinajstić information content (AvgIpc) is 3.09. The maximum Gasteiger partial charge on any atom is 0.573 e. The molecule has 9 nitrogen and oxygen atoms in total. The lowest BCUT2D eigenvalue weighted by molar-refractivity contribution is -0.274. The van der Waals surface area contributed by atoms with Gasteiger partial charge in [-0.2, -0.15) is 0 Å². The zero-order valence-corrected chi connectivity index (χ0v) is 18.0. The van der Waals surface area contributed by atoms with Crippen LogP contribution in [0, 0.1) is 0 Å². The van der Waals surface area contributed by atoms with Crippen LogP contribution in [-0.2, 0) is 27.3 Å². The van der Waals surface area contributed by atoms with Crippen molar-refractivity contribution in [3.63, 3.8) is 0 Å². The van der Waals surface area contributed by atoms with Gasteiger partial charge in [-0.3, -0.25) is 34.6 Å². The van der Waals surface area contributed by atoms with Gasteiger partial charge < -0.3 is 9.64 Å². The summed E-state index contributed by atoms with van der Waals surface area (Å²) in [5.74, 6) is -3.78. The first-order valence-electron chi connectivity index (χ1n) is 10.5. The smallest absolute Gasteiger partial charge is 0.406 e. The molecule has 0 aliphatic carbocycles. The molecule has 0 bridgehead atoms. The lowest BCUT2D eigenvalue weighted by Crippen LogP contribution is -2.52. The first kappa shape index (κ1) is 23.9. The Morgan fingerprint density at radius 2 is 1.86 bits per heavy atom. The normalized spacial score (nSPS) is 17.6. The van der Waals surface area contributed by atoms with Crippen LogP contribution in [-0.4, -0.2) is 46.8 Å². The average molecular weight is 489 g/mol. The number of ether oxygens (including phenoxy) is 1. The summed E-state index contributed by atoms with van der Waals surface area (Å²) < 4.78 is 41.0. The molecule has 12 heteroatoms. The van der Waals surface area contributed by atoms with Crippen molar-refractivity contribution in [1.29, 1.82) is 0 Å². The third kappa shape index (κ3) is 5.31. The fraction of sp³-hybridized carbons (Fsp3) is 0.261. The number of carbonyl (C=O) groups excluding carboxylic acids is 5. The first-order chi connectivity index (χ1) is 16.5. The Hall–Kier alpha value is -4.22. The van der Waals surface area contributed by atoms with Crippen molar-refractivity contribution in [3.8, 4) is 5.75 Å².